The van der Waals surface area contributed by atoms with Gasteiger partial charge >= 0.3 is 0 Å². The number of thioether (sulfide) groups is 1. The lowest BCUT2D eigenvalue weighted by Gasteiger charge is -2.02. The van der Waals surface area contributed by atoms with E-state index in [9.17, 15) is 9.59 Å². The molecule has 2 aromatic carbocycles. The van der Waals surface area contributed by atoms with Crippen LogP contribution in [0.3, 0.4) is 0 Å². The molecule has 5 nitrogen and oxygen atoms in total. The molecule has 2 aromatic rings. The maximum absolute atomic E-state index is 12.1. The van der Waals surface area contributed by atoms with E-state index in [1.54, 1.807) is 18.2 Å². The first-order valence-electron chi connectivity index (χ1n) is 7.74. The summed E-state index contributed by atoms with van der Waals surface area (Å²) in [5.41, 5.74) is 3.49. The van der Waals surface area contributed by atoms with Crippen molar-refractivity contribution in [3.8, 4) is 0 Å². The van der Waals surface area contributed by atoms with Gasteiger partial charge in [-0.2, -0.15) is 0 Å². The average Bonchev–Trinajstić information content (AvgIpc) is 2.90. The van der Waals surface area contributed by atoms with Crippen LogP contribution in [-0.2, 0) is 9.59 Å². The van der Waals surface area contributed by atoms with Crippen molar-refractivity contribution in [3.05, 3.63) is 64.6 Å². The molecule has 25 heavy (non-hydrogen) atoms. The van der Waals surface area contributed by atoms with Crippen LogP contribution in [0.2, 0.25) is 0 Å². The summed E-state index contributed by atoms with van der Waals surface area (Å²) in [7, 11) is 0. The van der Waals surface area contributed by atoms with Crippen molar-refractivity contribution in [2.45, 2.75) is 13.8 Å². The minimum Gasteiger partial charge on any atom is -0.326 e. The molecular formula is C19H17N3O2S. The predicted molar refractivity (Wildman–Crippen MR) is 103 cm³/mol. The maximum atomic E-state index is 12.1. The highest BCUT2D eigenvalue weighted by Gasteiger charge is 2.23. The molecule has 2 amide bonds. The summed E-state index contributed by atoms with van der Waals surface area (Å²) in [6.07, 6.45) is 1.80. The Labute approximate surface area is 150 Å². The second-order valence-corrected chi connectivity index (χ2v) is 6.60. The molecule has 0 spiro atoms. The monoisotopic (exact) mass is 351 g/mol. The smallest absolute Gasteiger partial charge is 0.264 e. The van der Waals surface area contributed by atoms with Crippen LogP contribution in [0, 0.1) is 6.92 Å². The van der Waals surface area contributed by atoms with Crippen LogP contribution in [-0.4, -0.2) is 17.0 Å². The third-order valence-corrected chi connectivity index (χ3v) is 4.43. The molecule has 0 aliphatic carbocycles. The van der Waals surface area contributed by atoms with Crippen molar-refractivity contribution >= 4 is 46.2 Å². The summed E-state index contributed by atoms with van der Waals surface area (Å²) in [6, 6.07) is 15.1. The minimum atomic E-state index is -0.164. The van der Waals surface area contributed by atoms with Gasteiger partial charge in [-0.25, -0.2) is 4.99 Å². The lowest BCUT2D eigenvalue weighted by atomic mass is 10.2. The van der Waals surface area contributed by atoms with Crippen molar-refractivity contribution in [3.63, 3.8) is 0 Å². The zero-order valence-corrected chi connectivity index (χ0v) is 14.7. The van der Waals surface area contributed by atoms with Gasteiger partial charge in [0.15, 0.2) is 5.17 Å². The van der Waals surface area contributed by atoms with Gasteiger partial charge < -0.3 is 10.6 Å². The highest BCUT2D eigenvalue weighted by atomic mass is 32.2. The molecule has 1 aliphatic heterocycles. The van der Waals surface area contributed by atoms with Gasteiger partial charge in [-0.1, -0.05) is 30.3 Å². The molecule has 0 unspecified atom stereocenters. The van der Waals surface area contributed by atoms with Crippen LogP contribution in [0.4, 0.5) is 11.4 Å². The number of nitrogens with zero attached hydrogens (tertiary/aromatic N) is 1. The first-order chi connectivity index (χ1) is 12.0. The molecule has 0 aromatic heterocycles. The minimum absolute atomic E-state index is 0.117. The number of nitrogens with one attached hydrogen (secondary N) is 2. The highest BCUT2D eigenvalue weighted by Crippen LogP contribution is 2.29. The van der Waals surface area contributed by atoms with E-state index >= 15 is 0 Å². The summed E-state index contributed by atoms with van der Waals surface area (Å²) in [5.74, 6) is -0.280. The molecule has 6 heteroatoms. The Hall–Kier alpha value is -2.86. The number of rotatable bonds is 3. The molecule has 1 aliphatic rings. The van der Waals surface area contributed by atoms with Crippen molar-refractivity contribution in [2.75, 3.05) is 5.32 Å². The van der Waals surface area contributed by atoms with Crippen LogP contribution in [0.25, 0.3) is 6.08 Å². The van der Waals surface area contributed by atoms with Crippen molar-refractivity contribution in [1.82, 2.24) is 5.32 Å². The second kappa shape index (κ2) is 7.36. The number of amides is 2. The van der Waals surface area contributed by atoms with Crippen molar-refractivity contribution < 1.29 is 9.59 Å². The van der Waals surface area contributed by atoms with Gasteiger partial charge in [-0.05, 0) is 54.1 Å². The number of para-hydroxylation sites is 1. The fourth-order valence-corrected chi connectivity index (χ4v) is 3.13. The van der Waals surface area contributed by atoms with Gasteiger partial charge in [0.1, 0.15) is 0 Å². The van der Waals surface area contributed by atoms with Crippen LogP contribution in [0.1, 0.15) is 18.1 Å². The molecule has 126 valence electrons. The fraction of sp³-hybridized carbons (Fsp3) is 0.105. The van der Waals surface area contributed by atoms with Gasteiger partial charge in [0.2, 0.25) is 5.91 Å². The Morgan fingerprint density at radius 1 is 1.16 bits per heavy atom. The standard InChI is InChI=1S/C19H17N3O2S/c1-12-5-3-4-6-16(12)21-19-22-18(24)17(25-19)11-14-7-9-15(10-8-14)20-13(2)23/h3-11H,1-2H3,(H,20,23)(H,21,22,24)/b17-11-. The Morgan fingerprint density at radius 2 is 1.88 bits per heavy atom. The number of carbonyl (C=O) groups excluding carboxylic acids is 2. The average molecular weight is 351 g/mol. The molecule has 1 saturated heterocycles. The van der Waals surface area contributed by atoms with Crippen LogP contribution < -0.4 is 10.6 Å². The van der Waals surface area contributed by atoms with E-state index in [4.69, 9.17) is 0 Å². The first-order valence-corrected chi connectivity index (χ1v) is 8.56. The second-order valence-electron chi connectivity index (χ2n) is 5.57. The van der Waals surface area contributed by atoms with E-state index in [0.29, 0.717) is 10.1 Å². The molecule has 1 fully saturated rings. The fourth-order valence-electron chi connectivity index (χ4n) is 2.30. The number of aliphatic imine (C=N–C) groups is 1. The van der Waals surface area contributed by atoms with Crippen molar-refractivity contribution in [2.24, 2.45) is 4.99 Å². The Bertz CT molecular complexity index is 886. The van der Waals surface area contributed by atoms with Gasteiger partial charge in [-0.15, -0.1) is 0 Å². The van der Waals surface area contributed by atoms with E-state index in [1.165, 1.54) is 18.7 Å². The largest absolute Gasteiger partial charge is 0.326 e. The van der Waals surface area contributed by atoms with Gasteiger partial charge in [-0.3, -0.25) is 9.59 Å². The summed E-state index contributed by atoms with van der Waals surface area (Å²) in [4.78, 5) is 28.3. The molecular weight excluding hydrogens is 334 g/mol. The number of aryl methyl sites for hydroxylation is 1. The van der Waals surface area contributed by atoms with E-state index in [1.807, 2.05) is 43.3 Å². The lowest BCUT2D eigenvalue weighted by molar-refractivity contribution is -0.115. The molecule has 0 saturated carbocycles. The third kappa shape index (κ3) is 4.36. The van der Waals surface area contributed by atoms with E-state index < -0.39 is 0 Å². The summed E-state index contributed by atoms with van der Waals surface area (Å²) in [5, 5.41) is 6.07. The topological polar surface area (TPSA) is 70.6 Å². The summed E-state index contributed by atoms with van der Waals surface area (Å²) < 4.78 is 0. The number of hydrogen-bond donors (Lipinski definition) is 2. The predicted octanol–water partition coefficient (Wildman–Crippen LogP) is 3.85. The molecule has 0 bridgehead atoms. The quantitative estimate of drug-likeness (QED) is 0.825. The lowest BCUT2D eigenvalue weighted by Crippen LogP contribution is -2.19. The van der Waals surface area contributed by atoms with Gasteiger partial charge in [0.05, 0.1) is 10.6 Å². The van der Waals surface area contributed by atoms with Crippen LogP contribution in [0.15, 0.2) is 58.4 Å². The van der Waals surface area contributed by atoms with Crippen molar-refractivity contribution in [1.29, 1.82) is 0 Å². The number of anilines is 1. The third-order valence-electron chi connectivity index (χ3n) is 3.52. The van der Waals surface area contributed by atoms with Gasteiger partial charge in [0.25, 0.3) is 5.91 Å². The molecule has 0 atom stereocenters. The Morgan fingerprint density at radius 3 is 2.56 bits per heavy atom. The molecule has 1 heterocycles. The molecule has 2 N–H and O–H groups in total. The highest BCUT2D eigenvalue weighted by molar-refractivity contribution is 8.18. The normalized spacial score (nSPS) is 17.0. The zero-order chi connectivity index (χ0) is 17.8. The maximum Gasteiger partial charge on any atom is 0.264 e. The number of carbonyl (C=O) groups is 2. The van der Waals surface area contributed by atoms with E-state index in [2.05, 4.69) is 15.6 Å². The van der Waals surface area contributed by atoms with E-state index in [0.717, 1.165) is 22.5 Å². The first kappa shape index (κ1) is 17.0. The van der Waals surface area contributed by atoms with E-state index in [-0.39, 0.29) is 11.8 Å². The zero-order valence-electron chi connectivity index (χ0n) is 13.9. The summed E-state index contributed by atoms with van der Waals surface area (Å²) in [6.45, 7) is 3.44. The van der Waals surface area contributed by atoms with Crippen LogP contribution >= 0.6 is 11.8 Å². The number of amidine groups is 1. The number of benzene rings is 2. The van der Waals surface area contributed by atoms with Gasteiger partial charge in [0, 0.05) is 12.6 Å². The summed E-state index contributed by atoms with van der Waals surface area (Å²) >= 11 is 1.31. The molecule has 3 rings (SSSR count). The SMILES string of the molecule is CC(=O)Nc1ccc(/C=C2\SC(=Nc3ccccc3C)NC2=O)cc1. The Kier molecular flexibility index (Phi) is 5.00. The number of hydrogen-bond acceptors (Lipinski definition) is 4. The Balaban J connectivity index is 1.77. The van der Waals surface area contributed by atoms with Crippen LogP contribution in [0.5, 0.6) is 0 Å². The molecule has 0 radical (unpaired) electrons.